The van der Waals surface area contributed by atoms with Crippen molar-refractivity contribution in [3.05, 3.63) is 69.6 Å². The van der Waals surface area contributed by atoms with Gasteiger partial charge in [-0.2, -0.15) is 0 Å². The number of carbonyl (C=O) groups is 3. The van der Waals surface area contributed by atoms with E-state index in [1.807, 2.05) is 38.1 Å². The predicted molar refractivity (Wildman–Crippen MR) is 134 cm³/mol. The molecule has 0 aliphatic heterocycles. The Bertz CT molecular complexity index is 1080. The van der Waals surface area contributed by atoms with E-state index >= 15 is 0 Å². The van der Waals surface area contributed by atoms with Crippen LogP contribution >= 0.6 is 31.9 Å². The fourth-order valence-electron chi connectivity index (χ4n) is 3.79. The highest BCUT2D eigenvalue weighted by atomic mass is 79.9. The molecule has 0 bridgehead atoms. The van der Waals surface area contributed by atoms with E-state index in [1.54, 1.807) is 36.4 Å². The number of amides is 1. The second kappa shape index (κ2) is 11.2. The lowest BCUT2D eigenvalue weighted by atomic mass is 10.1. The van der Waals surface area contributed by atoms with Crippen LogP contribution in [-0.4, -0.2) is 29.5 Å². The highest BCUT2D eigenvalue weighted by molar-refractivity contribution is 9.28. The summed E-state index contributed by atoms with van der Waals surface area (Å²) in [5.74, 6) is -1.53. The lowest BCUT2D eigenvalue weighted by Crippen LogP contribution is -2.34. The molecule has 7 nitrogen and oxygen atoms in total. The fraction of sp³-hybridized carbons (Fsp3) is 0.320. The summed E-state index contributed by atoms with van der Waals surface area (Å²) in [6.45, 7) is 3.83. The van der Waals surface area contributed by atoms with E-state index in [0.29, 0.717) is 17.1 Å². The number of esters is 1. The molecular weight excluding hydrogens is 570 g/mol. The Kier molecular flexibility index (Phi) is 8.54. The van der Waals surface area contributed by atoms with E-state index in [0.717, 1.165) is 3.39 Å². The lowest BCUT2D eigenvalue weighted by molar-refractivity contribution is -0.158. The molecular formula is C25H25Br2NO6. The van der Waals surface area contributed by atoms with E-state index in [2.05, 4.69) is 37.2 Å². The van der Waals surface area contributed by atoms with E-state index in [9.17, 15) is 14.4 Å². The number of ether oxygens (including phenoxy) is 2. The molecule has 3 unspecified atom stereocenters. The Hall–Kier alpha value is -2.65. The molecule has 3 rings (SSSR count). The van der Waals surface area contributed by atoms with Crippen molar-refractivity contribution in [2.45, 2.75) is 26.4 Å². The zero-order chi connectivity index (χ0) is 24.9. The van der Waals surface area contributed by atoms with Gasteiger partial charge in [0, 0.05) is 12.1 Å². The summed E-state index contributed by atoms with van der Waals surface area (Å²) in [5, 5.41) is 11.4. The van der Waals surface area contributed by atoms with E-state index < -0.39 is 29.9 Å². The van der Waals surface area contributed by atoms with Crippen LogP contribution < -0.4 is 10.1 Å². The zero-order valence-corrected chi connectivity index (χ0v) is 21.8. The van der Waals surface area contributed by atoms with Gasteiger partial charge in [-0.25, -0.2) is 0 Å². The molecule has 1 amide bonds. The Morgan fingerprint density at radius 3 is 2.41 bits per heavy atom. The van der Waals surface area contributed by atoms with Crippen molar-refractivity contribution in [3.8, 4) is 11.5 Å². The minimum Gasteiger partial charge on any atom is -0.481 e. The average Bonchev–Trinajstić information content (AvgIpc) is 3.31. The van der Waals surface area contributed by atoms with Gasteiger partial charge in [0.05, 0.1) is 15.7 Å². The number of rotatable bonds is 10. The molecule has 2 aromatic carbocycles. The molecule has 9 heteroatoms. The van der Waals surface area contributed by atoms with Gasteiger partial charge < -0.3 is 19.9 Å². The summed E-state index contributed by atoms with van der Waals surface area (Å²) in [4.78, 5) is 36.9. The van der Waals surface area contributed by atoms with Crippen LogP contribution in [0.4, 0.5) is 0 Å². The third kappa shape index (κ3) is 6.70. The minimum atomic E-state index is -1.26. The highest BCUT2D eigenvalue weighted by Crippen LogP contribution is 2.60. The van der Waals surface area contributed by atoms with E-state index in [-0.39, 0.29) is 24.3 Å². The second-order valence-electron chi connectivity index (χ2n) is 8.52. The fourth-order valence-corrected chi connectivity index (χ4v) is 4.36. The number of nitrogens with one attached hydrogen (secondary N) is 1. The summed E-state index contributed by atoms with van der Waals surface area (Å²) in [7, 11) is 0. The van der Waals surface area contributed by atoms with Crippen LogP contribution in [-0.2, 0) is 19.1 Å². The van der Waals surface area contributed by atoms with Gasteiger partial charge in [-0.15, -0.1) is 0 Å². The number of carboxylic acid groups (broad SMARTS) is 1. The summed E-state index contributed by atoms with van der Waals surface area (Å²) < 4.78 is 12.3. The third-order valence-electron chi connectivity index (χ3n) is 5.72. The minimum absolute atomic E-state index is 0.0581. The van der Waals surface area contributed by atoms with Crippen molar-refractivity contribution < 1.29 is 29.0 Å². The van der Waals surface area contributed by atoms with Gasteiger partial charge >= 0.3 is 11.9 Å². The normalized spacial score (nSPS) is 18.8. The molecule has 2 aromatic rings. The first kappa shape index (κ1) is 26.0. The van der Waals surface area contributed by atoms with Gasteiger partial charge in [-0.3, -0.25) is 14.4 Å². The van der Waals surface area contributed by atoms with Gasteiger partial charge in [0.25, 0.3) is 5.91 Å². The average molecular weight is 595 g/mol. The Morgan fingerprint density at radius 1 is 1.09 bits per heavy atom. The van der Waals surface area contributed by atoms with Crippen molar-refractivity contribution in [1.82, 2.24) is 5.32 Å². The number of carboxylic acids is 1. The van der Waals surface area contributed by atoms with Gasteiger partial charge in [-0.1, -0.05) is 50.3 Å². The molecule has 180 valence electrons. The van der Waals surface area contributed by atoms with Gasteiger partial charge in [0.1, 0.15) is 11.5 Å². The van der Waals surface area contributed by atoms with Crippen molar-refractivity contribution in [2.75, 3.05) is 6.54 Å². The summed E-state index contributed by atoms with van der Waals surface area (Å²) in [6.07, 6.45) is 0.391. The largest absolute Gasteiger partial charge is 0.481 e. The van der Waals surface area contributed by atoms with Crippen LogP contribution in [0.2, 0.25) is 0 Å². The van der Waals surface area contributed by atoms with Crippen LogP contribution in [0.5, 0.6) is 11.5 Å². The van der Waals surface area contributed by atoms with Crippen LogP contribution in [0, 0.1) is 17.3 Å². The molecule has 1 saturated carbocycles. The number of hydrogen-bond acceptors (Lipinski definition) is 5. The number of benzene rings is 2. The molecule has 3 atom stereocenters. The summed E-state index contributed by atoms with van der Waals surface area (Å²) >= 11 is 6.66. The Morgan fingerprint density at radius 2 is 1.76 bits per heavy atom. The van der Waals surface area contributed by atoms with Gasteiger partial charge in [-0.05, 0) is 67.5 Å². The smallest absolute Gasteiger partial charge is 0.311 e. The predicted octanol–water partition coefficient (Wildman–Crippen LogP) is 5.56. The maximum Gasteiger partial charge on any atom is 0.311 e. The number of para-hydroxylation sites is 1. The quantitative estimate of drug-likeness (QED) is 0.349. The Labute approximate surface area is 214 Å². The summed E-state index contributed by atoms with van der Waals surface area (Å²) in [5.41, 5.74) is 0.0914. The topological polar surface area (TPSA) is 102 Å². The molecule has 1 fully saturated rings. The molecule has 0 heterocycles. The van der Waals surface area contributed by atoms with E-state index in [1.165, 1.54) is 0 Å². The molecule has 1 aliphatic rings. The first-order valence-corrected chi connectivity index (χ1v) is 12.2. The SMILES string of the molecule is CC1(C)C(C=C(Br)Br)C1C(=O)OC(C(=O)NCCC(=O)O)c1cccc(Oc2ccccc2)c1. The van der Waals surface area contributed by atoms with E-state index in [4.69, 9.17) is 14.6 Å². The molecule has 0 spiro atoms. The third-order valence-corrected chi connectivity index (χ3v) is 6.25. The molecule has 1 aliphatic carbocycles. The number of halogens is 2. The maximum absolute atomic E-state index is 13.1. The molecule has 34 heavy (non-hydrogen) atoms. The van der Waals surface area contributed by atoms with Crippen molar-refractivity contribution in [2.24, 2.45) is 17.3 Å². The van der Waals surface area contributed by atoms with Gasteiger partial charge in [0.15, 0.2) is 0 Å². The second-order valence-corrected chi connectivity index (χ2v) is 11.3. The molecule has 0 aromatic heterocycles. The number of carbonyl (C=O) groups excluding carboxylic acids is 2. The summed E-state index contributed by atoms with van der Waals surface area (Å²) in [6, 6.07) is 15.9. The Balaban J connectivity index is 1.82. The number of hydrogen-bond donors (Lipinski definition) is 2. The van der Waals surface area contributed by atoms with Crippen molar-refractivity contribution in [3.63, 3.8) is 0 Å². The molecule has 0 radical (unpaired) electrons. The zero-order valence-electron chi connectivity index (χ0n) is 18.7. The standard InChI is InChI=1S/C25H25Br2NO6/c1-25(2)18(14-19(26)27)21(25)24(32)34-22(23(31)28-12-11-20(29)30)15-7-6-10-17(13-15)33-16-8-4-3-5-9-16/h3-10,13-14,18,21-22H,11-12H2,1-2H3,(H,28,31)(H,29,30). The maximum atomic E-state index is 13.1. The first-order chi connectivity index (χ1) is 16.1. The van der Waals surface area contributed by atoms with Crippen molar-refractivity contribution in [1.29, 1.82) is 0 Å². The highest BCUT2D eigenvalue weighted by Gasteiger charge is 2.62. The van der Waals surface area contributed by atoms with Gasteiger partial charge in [0.2, 0.25) is 6.10 Å². The van der Waals surface area contributed by atoms with Crippen LogP contribution in [0.3, 0.4) is 0 Å². The number of aliphatic carboxylic acids is 1. The van der Waals surface area contributed by atoms with Crippen LogP contribution in [0.1, 0.15) is 31.9 Å². The first-order valence-electron chi connectivity index (χ1n) is 10.6. The number of allylic oxidation sites excluding steroid dienone is 1. The van der Waals surface area contributed by atoms with Crippen LogP contribution in [0.25, 0.3) is 0 Å². The van der Waals surface area contributed by atoms with Crippen molar-refractivity contribution >= 4 is 49.7 Å². The molecule has 2 N–H and O–H groups in total. The molecule has 0 saturated heterocycles. The lowest BCUT2D eigenvalue weighted by Gasteiger charge is -2.19. The monoisotopic (exact) mass is 593 g/mol. The van der Waals surface area contributed by atoms with Crippen LogP contribution in [0.15, 0.2) is 64.1 Å².